The monoisotopic (exact) mass is 432 g/mol. The molecule has 0 fully saturated rings. The van der Waals surface area contributed by atoms with Crippen molar-refractivity contribution in [1.29, 1.82) is 0 Å². The number of rotatable bonds is 7. The van der Waals surface area contributed by atoms with Gasteiger partial charge in [0.05, 0.1) is 5.75 Å². The van der Waals surface area contributed by atoms with Gasteiger partial charge < -0.3 is 15.0 Å². The molecule has 29 heavy (non-hydrogen) atoms. The Labute approximate surface area is 173 Å². The van der Waals surface area contributed by atoms with E-state index in [4.69, 9.17) is 26.6 Å². The van der Waals surface area contributed by atoms with Gasteiger partial charge in [-0.25, -0.2) is 9.07 Å². The second-order valence-electron chi connectivity index (χ2n) is 5.81. The first kappa shape index (κ1) is 19.2. The minimum atomic E-state index is -0.335. The number of ether oxygens (including phenoxy) is 1. The van der Waals surface area contributed by atoms with E-state index < -0.39 is 0 Å². The first-order valence-electron chi connectivity index (χ1n) is 8.37. The van der Waals surface area contributed by atoms with Crippen LogP contribution in [0.3, 0.4) is 0 Å². The van der Waals surface area contributed by atoms with E-state index in [2.05, 4.69) is 20.4 Å². The molecule has 0 saturated carbocycles. The summed E-state index contributed by atoms with van der Waals surface area (Å²) in [5, 5.41) is 17.2. The lowest BCUT2D eigenvalue weighted by Crippen LogP contribution is -2.15. The summed E-state index contributed by atoms with van der Waals surface area (Å²) >= 11 is 7.18. The van der Waals surface area contributed by atoms with Crippen molar-refractivity contribution in [3.63, 3.8) is 0 Å². The summed E-state index contributed by atoms with van der Waals surface area (Å²) in [4.78, 5) is 0. The van der Waals surface area contributed by atoms with Crippen LogP contribution in [0.25, 0.3) is 11.5 Å². The third kappa shape index (κ3) is 4.66. The highest BCUT2D eigenvalue weighted by molar-refractivity contribution is 7.98. The molecule has 4 aromatic rings. The van der Waals surface area contributed by atoms with Crippen molar-refractivity contribution in [2.75, 3.05) is 5.84 Å². The van der Waals surface area contributed by atoms with Gasteiger partial charge in [-0.3, -0.25) is 0 Å². The van der Waals surface area contributed by atoms with Crippen molar-refractivity contribution in [2.24, 2.45) is 0 Å². The molecule has 8 nitrogen and oxygen atoms in total. The number of benzene rings is 2. The van der Waals surface area contributed by atoms with E-state index in [0.717, 1.165) is 5.56 Å². The second kappa shape index (κ2) is 8.50. The first-order valence-corrected chi connectivity index (χ1v) is 9.74. The average molecular weight is 433 g/mol. The number of hydrogen-bond acceptors (Lipinski definition) is 8. The number of aromatic nitrogens is 5. The van der Waals surface area contributed by atoms with Crippen LogP contribution in [0.1, 0.15) is 11.7 Å². The average Bonchev–Trinajstić information content (AvgIpc) is 3.33. The van der Waals surface area contributed by atoms with E-state index >= 15 is 0 Å². The highest BCUT2D eigenvalue weighted by Gasteiger charge is 2.14. The minimum Gasteiger partial charge on any atom is -0.486 e. The maximum absolute atomic E-state index is 12.9. The number of nitrogens with zero attached hydrogens (tertiary/aromatic N) is 5. The lowest BCUT2D eigenvalue weighted by molar-refractivity contribution is 0.291. The lowest BCUT2D eigenvalue weighted by Gasteiger charge is -2.06. The molecule has 0 atom stereocenters. The van der Waals surface area contributed by atoms with Gasteiger partial charge in [-0.1, -0.05) is 23.4 Å². The molecule has 0 aliphatic rings. The maximum Gasteiger partial charge on any atom is 0.247 e. The first-order chi connectivity index (χ1) is 14.1. The molecule has 4 rings (SSSR count). The van der Waals surface area contributed by atoms with Crippen LogP contribution in [0, 0.1) is 5.82 Å². The van der Waals surface area contributed by atoms with Gasteiger partial charge in [0.1, 0.15) is 18.2 Å². The topological polar surface area (TPSA) is 105 Å². The SMILES string of the molecule is Nn1c(COc2ccc(F)cc2)nnc1SCc1nnc(-c2ccc(Cl)cc2)o1. The molecule has 0 radical (unpaired) electrons. The zero-order valence-electron chi connectivity index (χ0n) is 14.8. The zero-order valence-corrected chi connectivity index (χ0v) is 16.4. The van der Waals surface area contributed by atoms with Gasteiger partial charge in [0, 0.05) is 10.6 Å². The van der Waals surface area contributed by atoms with Crippen LogP contribution >= 0.6 is 23.4 Å². The number of halogens is 2. The van der Waals surface area contributed by atoms with Gasteiger partial charge in [-0.2, -0.15) is 0 Å². The standard InChI is InChI=1S/C18H14ClFN6O2S/c19-12-3-1-11(2-4-12)17-24-23-16(28-17)10-29-18-25-22-15(26(18)21)9-27-14-7-5-13(20)6-8-14/h1-8H,9-10,21H2. The van der Waals surface area contributed by atoms with Crippen molar-refractivity contribution in [2.45, 2.75) is 17.5 Å². The summed E-state index contributed by atoms with van der Waals surface area (Å²) in [6.45, 7) is 0.0942. The lowest BCUT2D eigenvalue weighted by atomic mass is 10.2. The summed E-state index contributed by atoms with van der Waals surface area (Å²) < 4.78 is 25.4. The Balaban J connectivity index is 1.35. The van der Waals surface area contributed by atoms with Gasteiger partial charge >= 0.3 is 0 Å². The third-order valence-corrected chi connectivity index (χ3v) is 4.98. The fourth-order valence-corrected chi connectivity index (χ4v) is 3.17. The number of thioether (sulfide) groups is 1. The van der Waals surface area contributed by atoms with E-state index in [1.54, 1.807) is 24.3 Å². The van der Waals surface area contributed by atoms with Crippen LogP contribution < -0.4 is 10.6 Å². The van der Waals surface area contributed by atoms with E-state index in [-0.39, 0.29) is 12.4 Å². The summed E-state index contributed by atoms with van der Waals surface area (Å²) in [6, 6.07) is 12.8. The summed E-state index contributed by atoms with van der Waals surface area (Å²) in [6.07, 6.45) is 0. The number of nitrogens with two attached hydrogens (primary N) is 1. The Bertz CT molecular complexity index is 1100. The Kier molecular flexibility index (Phi) is 5.63. The Morgan fingerprint density at radius 1 is 1.03 bits per heavy atom. The molecule has 0 aliphatic heterocycles. The predicted molar refractivity (Wildman–Crippen MR) is 105 cm³/mol. The van der Waals surface area contributed by atoms with E-state index in [1.807, 2.05) is 0 Å². The highest BCUT2D eigenvalue weighted by Crippen LogP contribution is 2.24. The molecule has 2 heterocycles. The van der Waals surface area contributed by atoms with Crippen molar-refractivity contribution >= 4 is 23.4 Å². The molecule has 0 unspecified atom stereocenters. The Morgan fingerprint density at radius 3 is 2.55 bits per heavy atom. The van der Waals surface area contributed by atoms with E-state index in [0.29, 0.717) is 39.3 Å². The highest BCUT2D eigenvalue weighted by atomic mass is 35.5. The second-order valence-corrected chi connectivity index (χ2v) is 7.19. The van der Waals surface area contributed by atoms with Crippen molar-refractivity contribution in [1.82, 2.24) is 25.1 Å². The fourth-order valence-electron chi connectivity index (χ4n) is 2.33. The molecule has 2 aromatic heterocycles. The van der Waals surface area contributed by atoms with Gasteiger partial charge in [0.2, 0.25) is 16.9 Å². The third-order valence-electron chi connectivity index (χ3n) is 3.80. The summed E-state index contributed by atoms with van der Waals surface area (Å²) in [7, 11) is 0. The van der Waals surface area contributed by atoms with Gasteiger partial charge in [-0.05, 0) is 48.5 Å². The van der Waals surface area contributed by atoms with Crippen LogP contribution in [-0.4, -0.2) is 25.1 Å². The molecule has 0 bridgehead atoms. The zero-order chi connectivity index (χ0) is 20.2. The van der Waals surface area contributed by atoms with Crippen LogP contribution in [0.15, 0.2) is 58.1 Å². The van der Waals surface area contributed by atoms with E-state index in [1.165, 1.54) is 40.7 Å². The molecule has 148 valence electrons. The molecule has 0 amide bonds. The normalized spacial score (nSPS) is 11.0. The van der Waals surface area contributed by atoms with Gasteiger partial charge in [-0.15, -0.1) is 20.4 Å². The Morgan fingerprint density at radius 2 is 1.79 bits per heavy atom. The molecule has 2 aromatic carbocycles. The van der Waals surface area contributed by atoms with Crippen molar-refractivity contribution in [3.05, 3.63) is 71.1 Å². The molecule has 2 N–H and O–H groups in total. The minimum absolute atomic E-state index is 0.0942. The van der Waals surface area contributed by atoms with Crippen LogP contribution in [0.4, 0.5) is 4.39 Å². The number of nitrogen functional groups attached to an aromatic ring is 1. The molecule has 0 spiro atoms. The van der Waals surface area contributed by atoms with Crippen molar-refractivity contribution in [3.8, 4) is 17.2 Å². The molecular formula is C18H14ClFN6O2S. The maximum atomic E-state index is 12.9. The van der Waals surface area contributed by atoms with Gasteiger partial charge in [0.15, 0.2) is 5.82 Å². The summed E-state index contributed by atoms with van der Waals surface area (Å²) in [5.74, 6) is 7.80. The van der Waals surface area contributed by atoms with Crippen molar-refractivity contribution < 1.29 is 13.5 Å². The summed E-state index contributed by atoms with van der Waals surface area (Å²) in [5.41, 5.74) is 0.778. The fraction of sp³-hybridized carbons (Fsp3) is 0.111. The quantitative estimate of drug-likeness (QED) is 0.348. The largest absolute Gasteiger partial charge is 0.486 e. The van der Waals surface area contributed by atoms with Crippen LogP contribution in [-0.2, 0) is 12.4 Å². The predicted octanol–water partition coefficient (Wildman–Crippen LogP) is 3.71. The van der Waals surface area contributed by atoms with Crippen LogP contribution in [0.5, 0.6) is 5.75 Å². The molecule has 0 aliphatic carbocycles. The van der Waals surface area contributed by atoms with Crippen LogP contribution in [0.2, 0.25) is 5.02 Å². The van der Waals surface area contributed by atoms with Gasteiger partial charge in [0.25, 0.3) is 0 Å². The molecule has 0 saturated heterocycles. The van der Waals surface area contributed by atoms with E-state index in [9.17, 15) is 4.39 Å². The molecule has 11 heteroatoms. The number of hydrogen-bond donors (Lipinski definition) is 1. The molecular weight excluding hydrogens is 419 g/mol. The Hall–Kier alpha value is -3.11. The smallest absolute Gasteiger partial charge is 0.247 e.